The van der Waals surface area contributed by atoms with Gasteiger partial charge in [0.05, 0.1) is 11.9 Å². The first-order valence-electron chi connectivity index (χ1n) is 5.50. The molecular formula is C11H14N4O. The molecule has 5 nitrogen and oxygen atoms in total. The molecule has 2 aromatic rings. The number of pyridine rings is 1. The lowest BCUT2D eigenvalue weighted by Crippen LogP contribution is -2.05. The molecule has 1 atom stereocenters. The lowest BCUT2D eigenvalue weighted by atomic mass is 10.1. The minimum Gasteiger partial charge on any atom is -0.397 e. The summed E-state index contributed by atoms with van der Waals surface area (Å²) < 4.78 is 7.08. The van der Waals surface area contributed by atoms with Crippen molar-refractivity contribution in [3.8, 4) is 0 Å². The van der Waals surface area contributed by atoms with E-state index < -0.39 is 0 Å². The number of nitrogen functional groups attached to an aromatic ring is 1. The van der Waals surface area contributed by atoms with Crippen LogP contribution in [0.4, 0.5) is 5.69 Å². The van der Waals surface area contributed by atoms with Crippen molar-refractivity contribution in [2.75, 3.05) is 18.9 Å². The zero-order valence-electron chi connectivity index (χ0n) is 8.97. The van der Waals surface area contributed by atoms with Crippen molar-refractivity contribution in [2.45, 2.75) is 12.8 Å². The summed E-state index contributed by atoms with van der Waals surface area (Å²) in [5, 5.41) is 4.41. The van der Waals surface area contributed by atoms with Gasteiger partial charge in [-0.3, -0.25) is 0 Å². The molecule has 3 rings (SSSR count). The van der Waals surface area contributed by atoms with E-state index in [0.29, 0.717) is 11.6 Å². The third kappa shape index (κ3) is 1.74. The molecule has 16 heavy (non-hydrogen) atoms. The number of anilines is 1. The van der Waals surface area contributed by atoms with Crippen molar-refractivity contribution >= 4 is 11.3 Å². The molecule has 2 N–H and O–H groups in total. The third-order valence-corrected chi connectivity index (χ3v) is 2.89. The van der Waals surface area contributed by atoms with Gasteiger partial charge >= 0.3 is 0 Å². The summed E-state index contributed by atoms with van der Waals surface area (Å²) in [6, 6.07) is 3.73. The van der Waals surface area contributed by atoms with E-state index in [0.717, 1.165) is 37.5 Å². The van der Waals surface area contributed by atoms with E-state index in [2.05, 4.69) is 10.1 Å². The average Bonchev–Trinajstić information content (AvgIpc) is 2.86. The summed E-state index contributed by atoms with van der Waals surface area (Å²) >= 11 is 0. The van der Waals surface area contributed by atoms with Gasteiger partial charge in [-0.2, -0.15) is 5.10 Å². The Labute approximate surface area is 93.2 Å². The maximum Gasteiger partial charge on any atom is 0.155 e. The first-order valence-corrected chi connectivity index (χ1v) is 5.50. The predicted molar refractivity (Wildman–Crippen MR) is 60.0 cm³/mol. The number of hydrogen-bond acceptors (Lipinski definition) is 4. The summed E-state index contributed by atoms with van der Waals surface area (Å²) in [4.78, 5) is 4.46. The second kappa shape index (κ2) is 3.75. The molecule has 0 bridgehead atoms. The number of rotatable bonds is 2. The summed E-state index contributed by atoms with van der Waals surface area (Å²) in [7, 11) is 0. The molecule has 0 aliphatic carbocycles. The monoisotopic (exact) mass is 218 g/mol. The fourth-order valence-corrected chi connectivity index (χ4v) is 2.03. The number of hydrogen-bond donors (Lipinski definition) is 1. The number of aromatic nitrogens is 3. The number of ether oxygens (including phenoxy) is 1. The Morgan fingerprint density at radius 1 is 1.50 bits per heavy atom. The highest BCUT2D eigenvalue weighted by atomic mass is 16.5. The van der Waals surface area contributed by atoms with Crippen LogP contribution in [0.2, 0.25) is 0 Å². The Kier molecular flexibility index (Phi) is 2.25. The first kappa shape index (κ1) is 9.59. The van der Waals surface area contributed by atoms with Gasteiger partial charge in [0, 0.05) is 19.6 Å². The highest BCUT2D eigenvalue weighted by molar-refractivity contribution is 5.46. The Balaban J connectivity index is 1.86. The Bertz CT molecular complexity index is 502. The smallest absolute Gasteiger partial charge is 0.155 e. The predicted octanol–water partition coefficient (Wildman–Crippen LogP) is 0.890. The molecule has 0 spiro atoms. The normalized spacial score (nSPS) is 20.6. The molecule has 1 fully saturated rings. The maximum absolute atomic E-state index is 5.69. The van der Waals surface area contributed by atoms with Crippen molar-refractivity contribution in [1.82, 2.24) is 14.6 Å². The Hall–Kier alpha value is -1.62. The maximum atomic E-state index is 5.69. The van der Waals surface area contributed by atoms with Gasteiger partial charge in [0.25, 0.3) is 0 Å². The van der Waals surface area contributed by atoms with Crippen LogP contribution >= 0.6 is 0 Å². The molecule has 0 amide bonds. The highest BCUT2D eigenvalue weighted by Crippen LogP contribution is 2.17. The summed E-state index contributed by atoms with van der Waals surface area (Å²) in [6.45, 7) is 1.70. The summed E-state index contributed by atoms with van der Waals surface area (Å²) in [6.07, 6.45) is 3.79. The molecule has 0 radical (unpaired) electrons. The number of fused-ring (bicyclic) bond motifs is 1. The van der Waals surface area contributed by atoms with Crippen LogP contribution in [0.1, 0.15) is 12.2 Å². The van der Waals surface area contributed by atoms with E-state index >= 15 is 0 Å². The van der Waals surface area contributed by atoms with Crippen molar-refractivity contribution < 1.29 is 4.74 Å². The van der Waals surface area contributed by atoms with E-state index in [9.17, 15) is 0 Å². The lowest BCUT2D eigenvalue weighted by molar-refractivity contribution is 0.185. The zero-order valence-corrected chi connectivity index (χ0v) is 8.97. The van der Waals surface area contributed by atoms with Crippen LogP contribution in [0.15, 0.2) is 18.3 Å². The van der Waals surface area contributed by atoms with Crippen molar-refractivity contribution in [1.29, 1.82) is 0 Å². The van der Waals surface area contributed by atoms with Crippen LogP contribution in [0.5, 0.6) is 0 Å². The molecule has 1 saturated heterocycles. The molecule has 84 valence electrons. The van der Waals surface area contributed by atoms with Gasteiger partial charge in [-0.1, -0.05) is 0 Å². The molecule has 0 saturated carbocycles. The fourth-order valence-electron chi connectivity index (χ4n) is 2.03. The molecule has 1 aliphatic rings. The second-order valence-corrected chi connectivity index (χ2v) is 4.23. The van der Waals surface area contributed by atoms with Crippen LogP contribution in [-0.2, 0) is 11.2 Å². The van der Waals surface area contributed by atoms with E-state index in [1.165, 1.54) is 0 Å². The van der Waals surface area contributed by atoms with Crippen molar-refractivity contribution in [3.05, 3.63) is 24.2 Å². The molecule has 2 aromatic heterocycles. The van der Waals surface area contributed by atoms with Gasteiger partial charge in [-0.15, -0.1) is 0 Å². The van der Waals surface area contributed by atoms with Crippen LogP contribution < -0.4 is 5.73 Å². The third-order valence-electron chi connectivity index (χ3n) is 2.89. The minimum atomic E-state index is 0.565. The van der Waals surface area contributed by atoms with Crippen LogP contribution in [-0.4, -0.2) is 27.8 Å². The molecule has 1 unspecified atom stereocenters. The highest BCUT2D eigenvalue weighted by Gasteiger charge is 2.18. The lowest BCUT2D eigenvalue weighted by Gasteiger charge is -2.01. The Morgan fingerprint density at radius 2 is 2.44 bits per heavy atom. The van der Waals surface area contributed by atoms with Gasteiger partial charge in [-0.25, -0.2) is 9.50 Å². The summed E-state index contributed by atoms with van der Waals surface area (Å²) in [5.74, 6) is 1.44. The van der Waals surface area contributed by atoms with E-state index in [1.54, 1.807) is 10.7 Å². The molecule has 5 heteroatoms. The topological polar surface area (TPSA) is 65.4 Å². The average molecular weight is 218 g/mol. The fraction of sp³-hybridized carbons (Fsp3) is 0.455. The van der Waals surface area contributed by atoms with Crippen molar-refractivity contribution in [3.63, 3.8) is 0 Å². The van der Waals surface area contributed by atoms with Gasteiger partial charge in [0.1, 0.15) is 0 Å². The van der Waals surface area contributed by atoms with E-state index in [-0.39, 0.29) is 0 Å². The van der Waals surface area contributed by atoms with Gasteiger partial charge < -0.3 is 10.5 Å². The summed E-state index contributed by atoms with van der Waals surface area (Å²) in [5.41, 5.74) is 7.24. The quantitative estimate of drug-likeness (QED) is 0.813. The van der Waals surface area contributed by atoms with E-state index in [1.807, 2.05) is 12.1 Å². The zero-order chi connectivity index (χ0) is 11.0. The molecule has 3 heterocycles. The molecule has 0 aromatic carbocycles. The van der Waals surface area contributed by atoms with Crippen LogP contribution in [0.3, 0.4) is 0 Å². The number of nitrogens with zero attached hydrogens (tertiary/aromatic N) is 3. The second-order valence-electron chi connectivity index (χ2n) is 4.23. The largest absolute Gasteiger partial charge is 0.397 e. The number of nitrogens with two attached hydrogens (primary N) is 1. The molecule has 1 aliphatic heterocycles. The van der Waals surface area contributed by atoms with Crippen molar-refractivity contribution in [2.24, 2.45) is 5.92 Å². The van der Waals surface area contributed by atoms with Crippen LogP contribution in [0.25, 0.3) is 5.65 Å². The van der Waals surface area contributed by atoms with E-state index in [4.69, 9.17) is 10.5 Å². The Morgan fingerprint density at radius 3 is 3.25 bits per heavy atom. The van der Waals surface area contributed by atoms with Gasteiger partial charge in [-0.05, 0) is 24.5 Å². The molecular weight excluding hydrogens is 204 g/mol. The van der Waals surface area contributed by atoms with Crippen LogP contribution in [0, 0.1) is 5.92 Å². The first-order chi connectivity index (χ1) is 7.81. The standard InChI is InChI=1S/C11H14N4O/c12-9-1-2-11-13-10(14-15(11)6-9)5-8-3-4-16-7-8/h1-2,6,8H,3-5,7,12H2. The van der Waals surface area contributed by atoms with Gasteiger partial charge in [0.15, 0.2) is 11.5 Å². The van der Waals surface area contributed by atoms with Gasteiger partial charge in [0.2, 0.25) is 0 Å². The SMILES string of the molecule is Nc1ccc2nc(CC3CCOC3)nn2c1. The minimum absolute atomic E-state index is 0.565.